The summed E-state index contributed by atoms with van der Waals surface area (Å²) in [7, 11) is 0. The second-order valence-electron chi connectivity index (χ2n) is 6.24. The van der Waals surface area contributed by atoms with Crippen molar-refractivity contribution < 1.29 is 14.3 Å². The number of fused-ring (bicyclic) bond motifs is 1. The van der Waals surface area contributed by atoms with Crippen molar-refractivity contribution in [1.29, 1.82) is 0 Å². The van der Waals surface area contributed by atoms with E-state index in [4.69, 9.17) is 4.74 Å². The third-order valence-corrected chi connectivity index (χ3v) is 4.15. The molecule has 1 heterocycles. The van der Waals surface area contributed by atoms with Crippen molar-refractivity contribution in [2.24, 2.45) is 0 Å². The van der Waals surface area contributed by atoms with Gasteiger partial charge in [0.05, 0.1) is 5.52 Å². The van der Waals surface area contributed by atoms with Gasteiger partial charge in [0, 0.05) is 19.7 Å². The predicted molar refractivity (Wildman–Crippen MR) is 104 cm³/mol. The van der Waals surface area contributed by atoms with Crippen molar-refractivity contribution in [1.82, 2.24) is 25.6 Å². The van der Waals surface area contributed by atoms with E-state index < -0.39 is 0 Å². The lowest BCUT2D eigenvalue weighted by Crippen LogP contribution is -2.28. The van der Waals surface area contributed by atoms with Crippen LogP contribution in [0.5, 0.6) is 0 Å². The van der Waals surface area contributed by atoms with Gasteiger partial charge in [0.25, 0.3) is 0 Å². The standard InChI is InChI=1S/C20H23N5O3/c1-2-28-14-20(27)22-12-16-9-7-15(8-10-16)11-21-19(26)13-25-18-6-4-3-5-17(18)23-24-25/h3-10H,2,11-14H2,1H3,(H,21,26)(H,22,27). The molecule has 2 amide bonds. The van der Waals surface area contributed by atoms with Gasteiger partial charge in [-0.3, -0.25) is 9.59 Å². The van der Waals surface area contributed by atoms with E-state index in [2.05, 4.69) is 20.9 Å². The van der Waals surface area contributed by atoms with Crippen LogP contribution in [0.3, 0.4) is 0 Å². The smallest absolute Gasteiger partial charge is 0.246 e. The third-order valence-electron chi connectivity index (χ3n) is 4.15. The van der Waals surface area contributed by atoms with Crippen LogP contribution >= 0.6 is 0 Å². The van der Waals surface area contributed by atoms with Crippen molar-refractivity contribution in [3.8, 4) is 0 Å². The highest BCUT2D eigenvalue weighted by molar-refractivity contribution is 5.79. The number of carbonyl (C=O) groups is 2. The van der Waals surface area contributed by atoms with E-state index in [9.17, 15) is 9.59 Å². The summed E-state index contributed by atoms with van der Waals surface area (Å²) in [6.07, 6.45) is 0. The fourth-order valence-electron chi connectivity index (χ4n) is 2.65. The molecular formula is C20H23N5O3. The van der Waals surface area contributed by atoms with Gasteiger partial charge in [-0.1, -0.05) is 41.6 Å². The lowest BCUT2D eigenvalue weighted by Gasteiger charge is -2.08. The van der Waals surface area contributed by atoms with E-state index in [1.54, 1.807) is 4.68 Å². The normalized spacial score (nSPS) is 10.8. The highest BCUT2D eigenvalue weighted by Crippen LogP contribution is 2.09. The molecule has 3 aromatic rings. The molecule has 1 aromatic heterocycles. The molecule has 0 aliphatic heterocycles. The summed E-state index contributed by atoms with van der Waals surface area (Å²) in [6, 6.07) is 15.2. The second kappa shape index (κ2) is 9.61. The number of hydrogen-bond donors (Lipinski definition) is 2. The summed E-state index contributed by atoms with van der Waals surface area (Å²) in [5.74, 6) is -0.276. The zero-order valence-corrected chi connectivity index (χ0v) is 15.7. The van der Waals surface area contributed by atoms with Gasteiger partial charge in [0.1, 0.15) is 18.7 Å². The Kier molecular flexibility index (Phi) is 6.69. The summed E-state index contributed by atoms with van der Waals surface area (Å²) in [4.78, 5) is 23.7. The highest BCUT2D eigenvalue weighted by Gasteiger charge is 2.08. The Morgan fingerprint density at radius 1 is 0.964 bits per heavy atom. The van der Waals surface area contributed by atoms with Crippen LogP contribution < -0.4 is 10.6 Å². The number of ether oxygens (including phenoxy) is 1. The van der Waals surface area contributed by atoms with Crippen LogP contribution in [0.4, 0.5) is 0 Å². The molecule has 8 heteroatoms. The maximum Gasteiger partial charge on any atom is 0.246 e. The van der Waals surface area contributed by atoms with Crippen molar-refractivity contribution in [2.45, 2.75) is 26.6 Å². The number of amides is 2. The first-order valence-electron chi connectivity index (χ1n) is 9.13. The number of carbonyl (C=O) groups excluding carboxylic acids is 2. The third kappa shape index (κ3) is 5.37. The average Bonchev–Trinajstić information content (AvgIpc) is 3.13. The maximum atomic E-state index is 12.2. The summed E-state index contributed by atoms with van der Waals surface area (Å²) in [5.41, 5.74) is 3.54. The summed E-state index contributed by atoms with van der Waals surface area (Å²) in [5, 5.41) is 13.7. The van der Waals surface area contributed by atoms with Gasteiger partial charge in [-0.25, -0.2) is 4.68 Å². The number of benzene rings is 2. The molecule has 3 rings (SSSR count). The van der Waals surface area contributed by atoms with Crippen LogP contribution in [0.15, 0.2) is 48.5 Å². The van der Waals surface area contributed by atoms with Gasteiger partial charge in [-0.05, 0) is 30.2 Å². The van der Waals surface area contributed by atoms with E-state index >= 15 is 0 Å². The molecule has 0 aliphatic carbocycles. The van der Waals surface area contributed by atoms with Gasteiger partial charge in [0.15, 0.2) is 0 Å². The first kappa shape index (κ1) is 19.5. The molecule has 8 nitrogen and oxygen atoms in total. The van der Waals surface area contributed by atoms with Crippen LogP contribution in [0.1, 0.15) is 18.1 Å². The minimum atomic E-state index is -0.140. The molecule has 0 spiro atoms. The van der Waals surface area contributed by atoms with Crippen LogP contribution in [0.25, 0.3) is 11.0 Å². The van der Waals surface area contributed by atoms with Crippen LogP contribution in [-0.2, 0) is 34.0 Å². The largest absolute Gasteiger partial charge is 0.372 e. The Morgan fingerprint density at radius 3 is 2.29 bits per heavy atom. The number of nitrogens with one attached hydrogen (secondary N) is 2. The van der Waals surface area contributed by atoms with Crippen LogP contribution in [0, 0.1) is 0 Å². The van der Waals surface area contributed by atoms with E-state index in [-0.39, 0.29) is 25.0 Å². The quantitative estimate of drug-likeness (QED) is 0.584. The molecule has 0 fully saturated rings. The van der Waals surface area contributed by atoms with E-state index in [1.807, 2.05) is 55.5 Å². The molecule has 0 bridgehead atoms. The summed E-state index contributed by atoms with van der Waals surface area (Å²) >= 11 is 0. The van der Waals surface area contributed by atoms with Gasteiger partial charge in [0.2, 0.25) is 11.8 Å². The Hall–Kier alpha value is -3.26. The first-order valence-corrected chi connectivity index (χ1v) is 9.13. The van der Waals surface area contributed by atoms with Crippen LogP contribution in [0.2, 0.25) is 0 Å². The molecule has 2 N–H and O–H groups in total. The maximum absolute atomic E-state index is 12.2. The molecule has 0 saturated carbocycles. The number of hydrogen-bond acceptors (Lipinski definition) is 5. The van der Waals surface area contributed by atoms with Gasteiger partial charge in [-0.15, -0.1) is 5.10 Å². The number of aromatic nitrogens is 3. The Labute approximate surface area is 162 Å². The molecule has 28 heavy (non-hydrogen) atoms. The molecule has 0 unspecified atom stereocenters. The minimum absolute atomic E-state index is 0.0711. The lowest BCUT2D eigenvalue weighted by atomic mass is 10.1. The Balaban J connectivity index is 1.45. The molecule has 0 aliphatic rings. The van der Waals surface area contributed by atoms with Crippen molar-refractivity contribution in [2.75, 3.05) is 13.2 Å². The van der Waals surface area contributed by atoms with Crippen LogP contribution in [-0.4, -0.2) is 40.0 Å². The second-order valence-corrected chi connectivity index (χ2v) is 6.24. The summed E-state index contributed by atoms with van der Waals surface area (Å²) < 4.78 is 6.64. The molecule has 0 radical (unpaired) electrons. The van der Waals surface area contributed by atoms with E-state index in [0.29, 0.717) is 19.7 Å². The SMILES string of the molecule is CCOCC(=O)NCc1ccc(CNC(=O)Cn2nnc3ccccc32)cc1. The highest BCUT2D eigenvalue weighted by atomic mass is 16.5. The average molecular weight is 381 g/mol. The Bertz CT molecular complexity index is 936. The molecular weight excluding hydrogens is 358 g/mol. The lowest BCUT2D eigenvalue weighted by molar-refractivity contribution is -0.125. The molecule has 0 saturated heterocycles. The van der Waals surface area contributed by atoms with Crippen molar-refractivity contribution >= 4 is 22.8 Å². The monoisotopic (exact) mass is 381 g/mol. The fraction of sp³-hybridized carbons (Fsp3) is 0.300. The van der Waals surface area contributed by atoms with Crippen molar-refractivity contribution in [3.05, 3.63) is 59.7 Å². The first-order chi connectivity index (χ1) is 13.7. The summed E-state index contributed by atoms with van der Waals surface area (Å²) in [6.45, 7) is 3.41. The van der Waals surface area contributed by atoms with Gasteiger partial charge >= 0.3 is 0 Å². The van der Waals surface area contributed by atoms with Gasteiger partial charge < -0.3 is 15.4 Å². The number of para-hydroxylation sites is 1. The molecule has 146 valence electrons. The van der Waals surface area contributed by atoms with E-state index in [1.165, 1.54) is 0 Å². The zero-order valence-electron chi connectivity index (χ0n) is 15.7. The Morgan fingerprint density at radius 2 is 1.61 bits per heavy atom. The fourth-order valence-corrected chi connectivity index (χ4v) is 2.65. The molecule has 0 atom stereocenters. The van der Waals surface area contributed by atoms with Crippen molar-refractivity contribution in [3.63, 3.8) is 0 Å². The van der Waals surface area contributed by atoms with E-state index in [0.717, 1.165) is 22.2 Å². The molecule has 2 aromatic carbocycles. The topological polar surface area (TPSA) is 98.1 Å². The number of nitrogens with zero attached hydrogens (tertiary/aromatic N) is 3. The number of rotatable bonds is 9. The minimum Gasteiger partial charge on any atom is -0.372 e. The zero-order chi connectivity index (χ0) is 19.8. The predicted octanol–water partition coefficient (Wildman–Crippen LogP) is 1.40. The van der Waals surface area contributed by atoms with Gasteiger partial charge in [-0.2, -0.15) is 0 Å².